The summed E-state index contributed by atoms with van der Waals surface area (Å²) < 4.78 is 36.5. The fourth-order valence-corrected chi connectivity index (χ4v) is 8.24. The Kier molecular flexibility index (Phi) is 8.10. The highest BCUT2D eigenvalue weighted by Crippen LogP contribution is 2.64. The van der Waals surface area contributed by atoms with E-state index in [0.29, 0.717) is 17.6 Å². The molecule has 3 saturated heterocycles. The highest BCUT2D eigenvalue weighted by Gasteiger charge is 2.57. The van der Waals surface area contributed by atoms with E-state index in [1.165, 1.54) is 6.33 Å². The first kappa shape index (κ1) is 29.5. The van der Waals surface area contributed by atoms with Crippen molar-refractivity contribution in [3.63, 3.8) is 0 Å². The summed E-state index contributed by atoms with van der Waals surface area (Å²) in [6, 6.07) is 10.6. The Bertz CT molecular complexity index is 1420. The Morgan fingerprint density at radius 3 is 2.69 bits per heavy atom. The molecule has 0 N–H and O–H groups in total. The third kappa shape index (κ3) is 5.25. The van der Waals surface area contributed by atoms with Crippen LogP contribution in [0.3, 0.4) is 0 Å². The fourth-order valence-electron chi connectivity index (χ4n) is 6.09. The molecule has 12 heteroatoms. The van der Waals surface area contributed by atoms with Crippen LogP contribution in [0.25, 0.3) is 11.2 Å². The second-order valence-electron chi connectivity index (χ2n) is 12.4. The van der Waals surface area contributed by atoms with E-state index >= 15 is 0 Å². The molecule has 0 spiro atoms. The zero-order valence-electron chi connectivity index (χ0n) is 25.1. The number of aryl methyl sites for hydroxylation is 1. The van der Waals surface area contributed by atoms with Gasteiger partial charge in [0, 0.05) is 6.54 Å². The Morgan fingerprint density at radius 2 is 1.95 bits per heavy atom. The van der Waals surface area contributed by atoms with Crippen molar-refractivity contribution in [3.05, 3.63) is 54.2 Å². The first-order valence-electron chi connectivity index (χ1n) is 14.7. The number of hydrogen-bond acceptors (Lipinski definition) is 10. The van der Waals surface area contributed by atoms with Crippen LogP contribution in [-0.2, 0) is 33.7 Å². The molecule has 3 aliphatic heterocycles. The number of ether oxygens (including phenoxy) is 3. The molecule has 3 aromatic rings. The molecule has 0 radical (unpaired) electrons. The van der Waals surface area contributed by atoms with Crippen molar-refractivity contribution in [2.45, 2.75) is 97.0 Å². The molecule has 2 aromatic heterocycles. The van der Waals surface area contributed by atoms with Gasteiger partial charge in [-0.1, -0.05) is 37.3 Å². The van der Waals surface area contributed by atoms with E-state index in [4.69, 9.17) is 23.3 Å². The molecular weight excluding hydrogens is 557 g/mol. The maximum absolute atomic E-state index is 12.6. The lowest BCUT2D eigenvalue weighted by Crippen LogP contribution is -2.38. The van der Waals surface area contributed by atoms with Gasteiger partial charge in [0.1, 0.15) is 29.7 Å². The maximum Gasteiger partial charge on any atom is 0.313 e. The number of rotatable bonds is 8. The minimum atomic E-state index is -1.41. The van der Waals surface area contributed by atoms with Crippen molar-refractivity contribution < 1.29 is 28.1 Å². The minimum Gasteiger partial charge on any atom is -0.438 e. The van der Waals surface area contributed by atoms with Gasteiger partial charge in [-0.3, -0.25) is 9.36 Å². The molecule has 0 amide bonds. The van der Waals surface area contributed by atoms with Gasteiger partial charge in [-0.25, -0.2) is 19.6 Å². The first-order valence-corrected chi connectivity index (χ1v) is 15.8. The van der Waals surface area contributed by atoms with Gasteiger partial charge in [0.05, 0.1) is 29.6 Å². The molecule has 1 unspecified atom stereocenters. The standard InChI is InChI=1S/C30H40N5O6P/c1-7-21-24(40-42-35-15-11-14-22(35)30(6,41-42)20-12-9-8-10-13-20)25(37-18-38-28(36)29(3,4)5)27(39-21)34-17-33-23-19(2)31-16-32-26(23)34/h8-10,12-13,16-17,21-22,24-25,27H,7,11,14-15,18H2,1-6H3/t21-,22-,24+,25?,27-,30+,42-/m1/s1. The van der Waals surface area contributed by atoms with E-state index in [1.54, 1.807) is 6.33 Å². The molecule has 0 aliphatic carbocycles. The van der Waals surface area contributed by atoms with Crippen LogP contribution in [0.5, 0.6) is 0 Å². The van der Waals surface area contributed by atoms with Crippen LogP contribution in [0.1, 0.15) is 71.4 Å². The summed E-state index contributed by atoms with van der Waals surface area (Å²) in [6.45, 7) is 12.2. The second-order valence-corrected chi connectivity index (χ2v) is 13.8. The molecule has 1 aromatic carbocycles. The van der Waals surface area contributed by atoms with Crippen molar-refractivity contribution >= 4 is 25.7 Å². The van der Waals surface area contributed by atoms with Gasteiger partial charge in [0.2, 0.25) is 0 Å². The predicted octanol–water partition coefficient (Wildman–Crippen LogP) is 5.40. The van der Waals surface area contributed by atoms with Crippen molar-refractivity contribution in [1.82, 2.24) is 24.2 Å². The molecule has 3 fully saturated rings. The number of carbonyl (C=O) groups excluding carboxylic acids is 1. The number of hydrogen-bond donors (Lipinski definition) is 0. The van der Waals surface area contributed by atoms with Crippen LogP contribution in [0, 0.1) is 12.3 Å². The number of nitrogens with zero attached hydrogens (tertiary/aromatic N) is 5. The summed E-state index contributed by atoms with van der Waals surface area (Å²) in [7, 11) is -1.41. The van der Waals surface area contributed by atoms with E-state index < -0.39 is 38.0 Å². The Morgan fingerprint density at radius 1 is 1.17 bits per heavy atom. The van der Waals surface area contributed by atoms with E-state index in [2.05, 4.69) is 57.7 Å². The van der Waals surface area contributed by atoms with Gasteiger partial charge in [-0.2, -0.15) is 0 Å². The maximum atomic E-state index is 12.6. The van der Waals surface area contributed by atoms with Crippen molar-refractivity contribution in [2.24, 2.45) is 5.41 Å². The van der Waals surface area contributed by atoms with Crippen molar-refractivity contribution in [3.8, 4) is 0 Å². The van der Waals surface area contributed by atoms with Crippen LogP contribution in [0.2, 0.25) is 0 Å². The number of imidazole rings is 1. The van der Waals surface area contributed by atoms with Crippen LogP contribution < -0.4 is 0 Å². The summed E-state index contributed by atoms with van der Waals surface area (Å²) in [5.41, 5.74) is 2.11. The fraction of sp³-hybridized carbons (Fsp3) is 0.600. The number of aromatic nitrogens is 4. The number of fused-ring (bicyclic) bond motifs is 2. The summed E-state index contributed by atoms with van der Waals surface area (Å²) in [5, 5.41) is 0. The molecule has 0 saturated carbocycles. The normalized spacial score (nSPS) is 31.6. The molecule has 11 nitrogen and oxygen atoms in total. The number of esters is 1. The largest absolute Gasteiger partial charge is 0.438 e. The van der Waals surface area contributed by atoms with Crippen LogP contribution in [0.4, 0.5) is 0 Å². The van der Waals surface area contributed by atoms with Gasteiger partial charge in [-0.05, 0) is 59.4 Å². The zero-order valence-corrected chi connectivity index (χ0v) is 26.0. The van der Waals surface area contributed by atoms with Gasteiger partial charge >= 0.3 is 5.97 Å². The summed E-state index contributed by atoms with van der Waals surface area (Å²) >= 11 is 0. The molecule has 226 valence electrons. The molecule has 3 aliphatic rings. The predicted molar refractivity (Wildman–Crippen MR) is 156 cm³/mol. The third-order valence-corrected chi connectivity index (χ3v) is 10.3. The monoisotopic (exact) mass is 597 g/mol. The lowest BCUT2D eigenvalue weighted by Gasteiger charge is -2.29. The van der Waals surface area contributed by atoms with E-state index in [9.17, 15) is 4.79 Å². The molecule has 7 atom stereocenters. The average molecular weight is 598 g/mol. The van der Waals surface area contributed by atoms with Crippen LogP contribution in [-0.4, -0.2) is 67.9 Å². The van der Waals surface area contributed by atoms with Crippen LogP contribution in [0.15, 0.2) is 43.0 Å². The van der Waals surface area contributed by atoms with E-state index in [1.807, 2.05) is 38.3 Å². The summed E-state index contributed by atoms with van der Waals surface area (Å²) in [6.07, 6.45) is 4.01. The lowest BCUT2D eigenvalue weighted by atomic mass is 9.87. The quantitative estimate of drug-likeness (QED) is 0.190. The Balaban J connectivity index is 1.30. The zero-order chi connectivity index (χ0) is 29.6. The summed E-state index contributed by atoms with van der Waals surface area (Å²) in [5.74, 6) is -0.346. The van der Waals surface area contributed by atoms with Gasteiger partial charge < -0.3 is 23.3 Å². The topological polar surface area (TPSA) is 110 Å². The lowest BCUT2D eigenvalue weighted by molar-refractivity contribution is -0.178. The molecular formula is C30H40N5O6P. The highest BCUT2D eigenvalue weighted by atomic mass is 31.2. The molecule has 42 heavy (non-hydrogen) atoms. The molecule has 0 bridgehead atoms. The second kappa shape index (κ2) is 11.5. The smallest absolute Gasteiger partial charge is 0.313 e. The van der Waals surface area contributed by atoms with Crippen molar-refractivity contribution in [2.75, 3.05) is 13.3 Å². The third-order valence-electron chi connectivity index (χ3n) is 8.46. The molecule has 6 rings (SSSR count). The van der Waals surface area contributed by atoms with Gasteiger partial charge in [0.15, 0.2) is 18.7 Å². The van der Waals surface area contributed by atoms with Gasteiger partial charge in [-0.15, -0.1) is 0 Å². The minimum absolute atomic E-state index is 0.216. The van der Waals surface area contributed by atoms with Crippen LogP contribution >= 0.6 is 8.53 Å². The van der Waals surface area contributed by atoms with Gasteiger partial charge in [0.25, 0.3) is 8.53 Å². The number of benzene rings is 1. The average Bonchev–Trinajstić information content (AvgIpc) is 3.74. The summed E-state index contributed by atoms with van der Waals surface area (Å²) in [4.78, 5) is 25.9. The Hall–Kier alpha value is -2.53. The highest BCUT2D eigenvalue weighted by molar-refractivity contribution is 7.45. The molecule has 5 heterocycles. The van der Waals surface area contributed by atoms with E-state index in [-0.39, 0.29) is 24.9 Å². The Labute approximate surface area is 247 Å². The number of carbonyl (C=O) groups is 1. The SMILES string of the molecule is CC[C@H]1O[C@@H](n2cnc3c(C)ncnc32)C(OCOC(=O)C(C)(C)C)[C@H]1O[P@]1O[C@@](C)(c2ccccc2)[C@H]2CCCN21. The van der Waals surface area contributed by atoms with Crippen molar-refractivity contribution in [1.29, 1.82) is 0 Å². The first-order chi connectivity index (χ1) is 20.1. The van der Waals surface area contributed by atoms with E-state index in [0.717, 1.165) is 30.6 Å².